The highest BCUT2D eigenvalue weighted by molar-refractivity contribution is 7.75. The third-order valence-corrected chi connectivity index (χ3v) is 9.16. The normalized spacial score (nSPS) is 13.5. The summed E-state index contributed by atoms with van der Waals surface area (Å²) in [4.78, 5) is 11.2. The Bertz CT molecular complexity index is 219. The minimum absolute atomic E-state index is 0.154. The minimum Gasteiger partial charge on any atom is -0.481 e. The van der Waals surface area contributed by atoms with Crippen molar-refractivity contribution in [3.63, 3.8) is 0 Å². The van der Waals surface area contributed by atoms with E-state index in [9.17, 15) is 9.90 Å². The third-order valence-electron chi connectivity index (χ3n) is 4.04. The molecule has 0 saturated carbocycles. The Morgan fingerprint density at radius 2 is 1.32 bits per heavy atom. The second-order valence-corrected chi connectivity index (χ2v) is 10.4. The van der Waals surface area contributed by atoms with Gasteiger partial charge < -0.3 is 5.11 Å². The summed E-state index contributed by atoms with van der Waals surface area (Å²) >= 11 is 0. The number of unbranched alkanes of at least 4 members (excludes halogenated alkanes) is 3. The fourth-order valence-corrected chi connectivity index (χ4v) is 8.25. The summed E-state index contributed by atoms with van der Waals surface area (Å²) in [6.07, 6.45) is 12.5. The number of hydrogen-bond acceptors (Lipinski definition) is 1. The quantitative estimate of drug-likeness (QED) is 0.506. The van der Waals surface area contributed by atoms with E-state index in [2.05, 4.69) is 20.8 Å². The Morgan fingerprint density at radius 1 is 0.947 bits per heavy atom. The molecule has 0 aromatic rings. The summed E-state index contributed by atoms with van der Waals surface area (Å²) in [7, 11) is -1.04. The summed E-state index contributed by atoms with van der Waals surface area (Å²) < 4.78 is 0. The van der Waals surface area contributed by atoms with Crippen LogP contribution in [-0.4, -0.2) is 35.7 Å². The van der Waals surface area contributed by atoms with Gasteiger partial charge in [-0.2, -0.15) is 0 Å². The van der Waals surface area contributed by atoms with Crippen molar-refractivity contribution in [2.24, 2.45) is 5.92 Å². The molecule has 114 valence electrons. The Balaban J connectivity index is 4.80. The maximum absolute atomic E-state index is 11.2. The highest BCUT2D eigenvalue weighted by Gasteiger charge is 2.38. The molecule has 0 spiro atoms. The Morgan fingerprint density at radius 3 is 1.58 bits per heavy atom. The SMILES string of the molecule is CCCC[P+](CCCC)(CCCC)CC(C)C(=O)O. The first-order valence-electron chi connectivity index (χ1n) is 8.09. The molecular formula is C16H34O2P+. The van der Waals surface area contributed by atoms with E-state index in [1.165, 1.54) is 57.0 Å². The molecule has 0 saturated heterocycles. The average Bonchev–Trinajstić information content (AvgIpc) is 2.40. The first-order chi connectivity index (χ1) is 9.01. The molecule has 0 rings (SSSR count). The van der Waals surface area contributed by atoms with Crippen molar-refractivity contribution in [1.29, 1.82) is 0 Å². The van der Waals surface area contributed by atoms with Crippen LogP contribution in [-0.2, 0) is 4.79 Å². The third kappa shape index (κ3) is 7.92. The lowest BCUT2D eigenvalue weighted by molar-refractivity contribution is -0.140. The van der Waals surface area contributed by atoms with Crippen LogP contribution in [0.4, 0.5) is 0 Å². The van der Waals surface area contributed by atoms with Crippen molar-refractivity contribution < 1.29 is 9.90 Å². The van der Waals surface area contributed by atoms with E-state index in [1.54, 1.807) is 0 Å². The van der Waals surface area contributed by atoms with Crippen molar-refractivity contribution >= 4 is 13.2 Å². The van der Waals surface area contributed by atoms with Gasteiger partial charge in [0, 0.05) is 7.26 Å². The Labute approximate surface area is 120 Å². The number of rotatable bonds is 12. The summed E-state index contributed by atoms with van der Waals surface area (Å²) in [5.74, 6) is -0.757. The van der Waals surface area contributed by atoms with Crippen LogP contribution in [0, 0.1) is 5.92 Å². The van der Waals surface area contributed by atoms with Crippen LogP contribution in [0.25, 0.3) is 0 Å². The van der Waals surface area contributed by atoms with Crippen molar-refractivity contribution in [3.05, 3.63) is 0 Å². The Hall–Kier alpha value is -0.100. The van der Waals surface area contributed by atoms with Gasteiger partial charge >= 0.3 is 5.97 Å². The first kappa shape index (κ1) is 18.9. The lowest BCUT2D eigenvalue weighted by Gasteiger charge is -2.29. The van der Waals surface area contributed by atoms with Crippen molar-refractivity contribution in [1.82, 2.24) is 0 Å². The van der Waals surface area contributed by atoms with Gasteiger partial charge in [-0.15, -0.1) is 0 Å². The fourth-order valence-electron chi connectivity index (χ4n) is 2.75. The van der Waals surface area contributed by atoms with Gasteiger partial charge in [0.2, 0.25) is 0 Å². The molecule has 0 aliphatic heterocycles. The van der Waals surface area contributed by atoms with Gasteiger partial charge in [0.1, 0.15) is 0 Å². The molecule has 0 amide bonds. The van der Waals surface area contributed by atoms with Gasteiger partial charge in [-0.05, 0) is 26.2 Å². The predicted octanol–water partition coefficient (Wildman–Crippen LogP) is 5.13. The molecule has 19 heavy (non-hydrogen) atoms. The van der Waals surface area contributed by atoms with Gasteiger partial charge in [-0.1, -0.05) is 40.0 Å². The van der Waals surface area contributed by atoms with Gasteiger partial charge in [-0.25, -0.2) is 0 Å². The van der Waals surface area contributed by atoms with E-state index in [4.69, 9.17) is 0 Å². The fraction of sp³-hybridized carbons (Fsp3) is 0.938. The molecule has 0 fully saturated rings. The standard InChI is InChI=1S/C16H33O2P/c1-5-8-11-19(12-9-6-2,13-10-7-3)14-15(4)16(17)18/h15H,5-14H2,1-4H3/p+1. The molecule has 0 bridgehead atoms. The molecule has 1 atom stereocenters. The molecule has 0 aromatic heterocycles. The number of hydrogen-bond donors (Lipinski definition) is 1. The van der Waals surface area contributed by atoms with Gasteiger partial charge in [-0.3, -0.25) is 4.79 Å². The summed E-state index contributed by atoms with van der Waals surface area (Å²) in [6.45, 7) is 8.64. The lowest BCUT2D eigenvalue weighted by Crippen LogP contribution is -2.22. The van der Waals surface area contributed by atoms with Gasteiger partial charge in [0.15, 0.2) is 0 Å². The van der Waals surface area contributed by atoms with Crippen molar-refractivity contribution in [3.8, 4) is 0 Å². The molecular weight excluding hydrogens is 255 g/mol. The zero-order valence-electron chi connectivity index (χ0n) is 13.5. The maximum atomic E-state index is 11.2. The van der Waals surface area contributed by atoms with Gasteiger partial charge in [0.05, 0.1) is 30.6 Å². The second kappa shape index (κ2) is 10.7. The number of carboxylic acid groups (broad SMARTS) is 1. The monoisotopic (exact) mass is 289 g/mol. The van der Waals surface area contributed by atoms with Crippen molar-refractivity contribution in [2.75, 3.05) is 24.6 Å². The molecule has 0 aliphatic rings. The molecule has 3 heteroatoms. The molecule has 0 heterocycles. The summed E-state index contributed by atoms with van der Waals surface area (Å²) in [5.41, 5.74) is 0. The van der Waals surface area contributed by atoms with E-state index in [1.807, 2.05) is 6.92 Å². The van der Waals surface area contributed by atoms with E-state index in [-0.39, 0.29) is 5.92 Å². The van der Waals surface area contributed by atoms with Crippen LogP contribution >= 0.6 is 7.26 Å². The topological polar surface area (TPSA) is 37.3 Å². The van der Waals surface area contributed by atoms with E-state index in [0.29, 0.717) is 0 Å². The minimum atomic E-state index is -1.04. The number of carboxylic acids is 1. The predicted molar refractivity (Wildman–Crippen MR) is 87.9 cm³/mol. The van der Waals surface area contributed by atoms with E-state index < -0.39 is 13.2 Å². The highest BCUT2D eigenvalue weighted by Crippen LogP contribution is 2.61. The van der Waals surface area contributed by atoms with E-state index >= 15 is 0 Å². The molecule has 0 aromatic carbocycles. The molecule has 1 N–H and O–H groups in total. The first-order valence-corrected chi connectivity index (χ1v) is 10.6. The molecule has 2 nitrogen and oxygen atoms in total. The van der Waals surface area contributed by atoms with Crippen LogP contribution in [0.3, 0.4) is 0 Å². The molecule has 1 unspecified atom stereocenters. The average molecular weight is 289 g/mol. The number of carbonyl (C=O) groups is 1. The van der Waals surface area contributed by atoms with Crippen LogP contribution < -0.4 is 0 Å². The van der Waals surface area contributed by atoms with Crippen LogP contribution in [0.2, 0.25) is 0 Å². The highest BCUT2D eigenvalue weighted by atomic mass is 31.2. The second-order valence-electron chi connectivity index (χ2n) is 5.99. The van der Waals surface area contributed by atoms with Gasteiger partial charge in [0.25, 0.3) is 0 Å². The lowest BCUT2D eigenvalue weighted by atomic mass is 10.2. The Kier molecular flexibility index (Phi) is 10.6. The maximum Gasteiger partial charge on any atom is 0.309 e. The van der Waals surface area contributed by atoms with Crippen LogP contribution in [0.5, 0.6) is 0 Å². The van der Waals surface area contributed by atoms with E-state index in [0.717, 1.165) is 6.16 Å². The smallest absolute Gasteiger partial charge is 0.309 e. The summed E-state index contributed by atoms with van der Waals surface area (Å²) in [6, 6.07) is 0. The summed E-state index contributed by atoms with van der Waals surface area (Å²) in [5, 5.41) is 9.24. The number of aliphatic carboxylic acids is 1. The van der Waals surface area contributed by atoms with Crippen LogP contribution in [0.15, 0.2) is 0 Å². The zero-order chi connectivity index (χ0) is 14.7. The van der Waals surface area contributed by atoms with Crippen LogP contribution in [0.1, 0.15) is 66.2 Å². The molecule has 0 radical (unpaired) electrons. The largest absolute Gasteiger partial charge is 0.481 e. The zero-order valence-corrected chi connectivity index (χ0v) is 14.3. The molecule has 0 aliphatic carbocycles. The van der Waals surface area contributed by atoms with Crippen molar-refractivity contribution in [2.45, 2.75) is 66.2 Å².